The van der Waals surface area contributed by atoms with E-state index in [0.29, 0.717) is 5.92 Å². The summed E-state index contributed by atoms with van der Waals surface area (Å²) < 4.78 is 0. The largest absolute Gasteiger partial charge is 0.357 e. The van der Waals surface area contributed by atoms with Crippen LogP contribution in [0, 0.1) is 12.8 Å². The number of nitrogens with one attached hydrogen (secondary N) is 1. The summed E-state index contributed by atoms with van der Waals surface area (Å²) >= 11 is 0. The summed E-state index contributed by atoms with van der Waals surface area (Å²) in [6.45, 7) is 14.5. The number of hydrogen-bond donors (Lipinski definition) is 1. The Morgan fingerprint density at radius 1 is 1.19 bits per heavy atom. The number of guanidine groups is 1. The predicted octanol–water partition coefficient (Wildman–Crippen LogP) is 4.10. The first-order valence-corrected chi connectivity index (χ1v) is 10.5. The lowest BCUT2D eigenvalue weighted by atomic mass is 10.0. The lowest BCUT2D eigenvalue weighted by Crippen LogP contribution is -2.41. The molecule has 1 N–H and O–H groups in total. The highest BCUT2D eigenvalue weighted by atomic mass is 127. The van der Waals surface area contributed by atoms with Crippen LogP contribution in [0.4, 0.5) is 0 Å². The standard InChI is InChI=1S/C22H36N4.HI/c1-4-23-22(24-15-19(3)21-9-7-18(2)8-10-21)26-14-11-20(17-26)16-25-12-5-6-13-25;/h7-10,19-20H,4-6,11-17H2,1-3H3,(H,23,24);1H. The van der Waals surface area contributed by atoms with E-state index in [-0.39, 0.29) is 24.0 Å². The smallest absolute Gasteiger partial charge is 0.193 e. The summed E-state index contributed by atoms with van der Waals surface area (Å²) in [6.07, 6.45) is 4.07. The van der Waals surface area contributed by atoms with Gasteiger partial charge in [0.25, 0.3) is 0 Å². The van der Waals surface area contributed by atoms with Gasteiger partial charge in [-0.15, -0.1) is 24.0 Å². The molecule has 0 spiro atoms. The van der Waals surface area contributed by atoms with Crippen molar-refractivity contribution in [2.24, 2.45) is 10.9 Å². The van der Waals surface area contributed by atoms with Crippen LogP contribution in [0.5, 0.6) is 0 Å². The van der Waals surface area contributed by atoms with Crippen molar-refractivity contribution in [3.63, 3.8) is 0 Å². The van der Waals surface area contributed by atoms with E-state index in [1.54, 1.807) is 0 Å². The Morgan fingerprint density at radius 2 is 1.89 bits per heavy atom. The number of hydrogen-bond acceptors (Lipinski definition) is 2. The topological polar surface area (TPSA) is 30.9 Å². The van der Waals surface area contributed by atoms with Crippen LogP contribution in [0.15, 0.2) is 29.3 Å². The summed E-state index contributed by atoms with van der Waals surface area (Å²) in [5.41, 5.74) is 2.70. The van der Waals surface area contributed by atoms with Gasteiger partial charge in [-0.1, -0.05) is 36.8 Å². The third kappa shape index (κ3) is 6.63. The van der Waals surface area contributed by atoms with Gasteiger partial charge in [0.15, 0.2) is 5.96 Å². The third-order valence-corrected chi connectivity index (χ3v) is 5.80. The van der Waals surface area contributed by atoms with Gasteiger partial charge < -0.3 is 15.1 Å². The van der Waals surface area contributed by atoms with Gasteiger partial charge in [-0.05, 0) is 57.7 Å². The Balaban J connectivity index is 0.00000261. The van der Waals surface area contributed by atoms with Crippen molar-refractivity contribution in [3.8, 4) is 0 Å². The molecule has 27 heavy (non-hydrogen) atoms. The number of rotatable bonds is 6. The number of benzene rings is 1. The number of likely N-dealkylation sites (tertiary alicyclic amines) is 2. The average Bonchev–Trinajstić information content (AvgIpc) is 3.31. The Bertz CT molecular complexity index is 580. The Morgan fingerprint density at radius 3 is 2.56 bits per heavy atom. The summed E-state index contributed by atoms with van der Waals surface area (Å²) in [6, 6.07) is 8.88. The third-order valence-electron chi connectivity index (χ3n) is 5.80. The molecule has 2 fully saturated rings. The molecule has 2 atom stereocenters. The van der Waals surface area contributed by atoms with Crippen molar-refractivity contribution in [3.05, 3.63) is 35.4 Å². The molecule has 0 radical (unpaired) electrons. The van der Waals surface area contributed by atoms with Crippen molar-refractivity contribution >= 4 is 29.9 Å². The van der Waals surface area contributed by atoms with Gasteiger partial charge in [-0.2, -0.15) is 0 Å². The first-order chi connectivity index (χ1) is 12.7. The summed E-state index contributed by atoms with van der Waals surface area (Å²) in [5.74, 6) is 2.36. The fraction of sp³-hybridized carbons (Fsp3) is 0.682. The molecule has 0 amide bonds. The molecule has 0 aromatic heterocycles. The van der Waals surface area contributed by atoms with Crippen molar-refractivity contribution < 1.29 is 0 Å². The minimum Gasteiger partial charge on any atom is -0.357 e. The molecule has 1 aromatic carbocycles. The van der Waals surface area contributed by atoms with E-state index in [2.05, 4.69) is 60.2 Å². The lowest BCUT2D eigenvalue weighted by Gasteiger charge is -2.24. The molecule has 2 unspecified atom stereocenters. The maximum Gasteiger partial charge on any atom is 0.193 e. The first kappa shape index (κ1) is 22.5. The summed E-state index contributed by atoms with van der Waals surface area (Å²) in [4.78, 5) is 10.1. The summed E-state index contributed by atoms with van der Waals surface area (Å²) in [7, 11) is 0. The highest BCUT2D eigenvalue weighted by molar-refractivity contribution is 14.0. The highest BCUT2D eigenvalue weighted by Crippen LogP contribution is 2.21. The van der Waals surface area contributed by atoms with Crippen LogP contribution in [-0.2, 0) is 0 Å². The van der Waals surface area contributed by atoms with Crippen LogP contribution in [0.1, 0.15) is 50.2 Å². The maximum absolute atomic E-state index is 4.98. The second-order valence-electron chi connectivity index (χ2n) is 8.11. The predicted molar refractivity (Wildman–Crippen MR) is 126 cm³/mol. The fourth-order valence-corrected chi connectivity index (χ4v) is 4.15. The van der Waals surface area contributed by atoms with Gasteiger partial charge in [0.1, 0.15) is 0 Å². The summed E-state index contributed by atoms with van der Waals surface area (Å²) in [5, 5.41) is 3.52. The molecule has 2 aliphatic heterocycles. The quantitative estimate of drug-likeness (QED) is 0.375. The molecule has 2 aliphatic rings. The van der Waals surface area contributed by atoms with E-state index in [0.717, 1.165) is 38.1 Å². The molecule has 2 saturated heterocycles. The van der Waals surface area contributed by atoms with Crippen molar-refractivity contribution in [2.75, 3.05) is 45.8 Å². The molecule has 0 saturated carbocycles. The molecule has 152 valence electrons. The first-order valence-electron chi connectivity index (χ1n) is 10.5. The van der Waals surface area contributed by atoms with Crippen LogP contribution < -0.4 is 5.32 Å². The zero-order valence-corrected chi connectivity index (χ0v) is 19.6. The van der Waals surface area contributed by atoms with Crippen molar-refractivity contribution in [1.82, 2.24) is 15.1 Å². The SMILES string of the molecule is CCNC(=NCC(C)c1ccc(C)cc1)N1CCC(CN2CCCC2)C1.I. The molecule has 5 heteroatoms. The number of aryl methyl sites for hydroxylation is 1. The van der Waals surface area contributed by atoms with Crippen molar-refractivity contribution in [2.45, 2.75) is 46.0 Å². The van der Waals surface area contributed by atoms with Crippen LogP contribution in [-0.4, -0.2) is 61.6 Å². The minimum atomic E-state index is 0. The normalized spacial score (nSPS) is 22.0. The van der Waals surface area contributed by atoms with Gasteiger partial charge in [0.2, 0.25) is 0 Å². The molecule has 3 rings (SSSR count). The van der Waals surface area contributed by atoms with Gasteiger partial charge in [0.05, 0.1) is 0 Å². The molecule has 0 bridgehead atoms. The minimum absolute atomic E-state index is 0. The Hall–Kier alpha value is -0.820. The molecule has 4 nitrogen and oxygen atoms in total. The molecule has 2 heterocycles. The molecule has 1 aromatic rings. The van der Waals surface area contributed by atoms with Crippen LogP contribution in [0.3, 0.4) is 0 Å². The Kier molecular flexibility index (Phi) is 9.36. The van der Waals surface area contributed by atoms with E-state index >= 15 is 0 Å². The van der Waals surface area contributed by atoms with E-state index < -0.39 is 0 Å². The van der Waals surface area contributed by atoms with E-state index in [4.69, 9.17) is 4.99 Å². The lowest BCUT2D eigenvalue weighted by molar-refractivity contribution is 0.281. The number of halogens is 1. The maximum atomic E-state index is 4.98. The second kappa shape index (κ2) is 11.2. The second-order valence-corrected chi connectivity index (χ2v) is 8.11. The van der Waals surface area contributed by atoms with Gasteiger partial charge >= 0.3 is 0 Å². The van der Waals surface area contributed by atoms with Gasteiger partial charge in [-0.25, -0.2) is 0 Å². The highest BCUT2D eigenvalue weighted by Gasteiger charge is 2.27. The van der Waals surface area contributed by atoms with E-state index in [1.807, 2.05) is 0 Å². The number of aliphatic imine (C=N–C) groups is 1. The van der Waals surface area contributed by atoms with Crippen LogP contribution in [0.25, 0.3) is 0 Å². The molecular weight excluding hydrogens is 447 g/mol. The van der Waals surface area contributed by atoms with Gasteiger partial charge in [0, 0.05) is 38.6 Å². The van der Waals surface area contributed by atoms with Crippen LogP contribution in [0.2, 0.25) is 0 Å². The molecular formula is C22H37IN4. The van der Waals surface area contributed by atoms with Gasteiger partial charge in [-0.3, -0.25) is 4.99 Å². The van der Waals surface area contributed by atoms with E-state index in [1.165, 1.54) is 50.0 Å². The number of nitrogens with zero attached hydrogens (tertiary/aromatic N) is 3. The monoisotopic (exact) mass is 484 g/mol. The molecule has 0 aliphatic carbocycles. The van der Waals surface area contributed by atoms with E-state index in [9.17, 15) is 0 Å². The zero-order valence-electron chi connectivity index (χ0n) is 17.3. The van der Waals surface area contributed by atoms with Crippen LogP contribution >= 0.6 is 24.0 Å². The van der Waals surface area contributed by atoms with Crippen molar-refractivity contribution in [1.29, 1.82) is 0 Å². The Labute approximate surface area is 182 Å². The fourth-order valence-electron chi connectivity index (χ4n) is 4.15. The average molecular weight is 484 g/mol. The zero-order chi connectivity index (χ0) is 18.4.